The van der Waals surface area contributed by atoms with Crippen LogP contribution in [0.3, 0.4) is 0 Å². The molecule has 9 nitrogen and oxygen atoms in total. The van der Waals surface area contributed by atoms with Crippen molar-refractivity contribution >= 4 is 29.3 Å². The van der Waals surface area contributed by atoms with Gasteiger partial charge in [0.2, 0.25) is 5.91 Å². The van der Waals surface area contributed by atoms with Gasteiger partial charge in [0.15, 0.2) is 0 Å². The molecule has 32 heavy (non-hydrogen) atoms. The number of amides is 3. The molecule has 168 valence electrons. The van der Waals surface area contributed by atoms with Crippen LogP contribution < -0.4 is 21.3 Å². The Morgan fingerprint density at radius 3 is 2.44 bits per heavy atom. The largest absolute Gasteiger partial charge is 0.481 e. The Bertz CT molecular complexity index is 1020. The lowest BCUT2D eigenvalue weighted by atomic mass is 10.1. The molecule has 0 aliphatic carbocycles. The number of hydrogen-bond acceptors (Lipinski definition) is 5. The number of aryl methyl sites for hydroxylation is 1. The zero-order valence-electron chi connectivity index (χ0n) is 18.0. The van der Waals surface area contributed by atoms with Gasteiger partial charge in [0.25, 0.3) is 0 Å². The van der Waals surface area contributed by atoms with Crippen LogP contribution in [0.2, 0.25) is 0 Å². The molecule has 0 fully saturated rings. The zero-order chi connectivity index (χ0) is 23.1. The standard InChI is InChI=1S/C23H27N5O4/c1-15-5-3-4-6-19(15)26-23(32)25-18-9-7-17(8-10-18)13-21(29)27-20-14-28(16(2)24-20)12-11-22(30)31/h3-10,14,16,24H,11-13H2,1-2H3,(H,27,29)(H,30,31)(H2,25,26,32). The van der Waals surface area contributed by atoms with Crippen molar-refractivity contribution in [3.05, 3.63) is 71.7 Å². The summed E-state index contributed by atoms with van der Waals surface area (Å²) >= 11 is 0. The Labute approximate surface area is 186 Å². The monoisotopic (exact) mass is 437 g/mol. The molecule has 3 amide bonds. The van der Waals surface area contributed by atoms with E-state index < -0.39 is 5.97 Å². The van der Waals surface area contributed by atoms with E-state index in [9.17, 15) is 14.4 Å². The predicted octanol–water partition coefficient (Wildman–Crippen LogP) is 2.82. The third kappa shape index (κ3) is 6.49. The summed E-state index contributed by atoms with van der Waals surface area (Å²) < 4.78 is 0. The van der Waals surface area contributed by atoms with Crippen molar-refractivity contribution in [1.82, 2.24) is 15.5 Å². The van der Waals surface area contributed by atoms with Crippen LogP contribution in [0.4, 0.5) is 16.2 Å². The van der Waals surface area contributed by atoms with Gasteiger partial charge in [-0.3, -0.25) is 9.59 Å². The summed E-state index contributed by atoms with van der Waals surface area (Å²) in [5, 5.41) is 20.3. The van der Waals surface area contributed by atoms with E-state index in [1.165, 1.54) is 0 Å². The van der Waals surface area contributed by atoms with Gasteiger partial charge in [-0.25, -0.2) is 4.79 Å². The molecule has 1 aliphatic heterocycles. The van der Waals surface area contributed by atoms with Crippen LogP contribution in [0.25, 0.3) is 0 Å². The van der Waals surface area contributed by atoms with Gasteiger partial charge in [0, 0.05) is 24.1 Å². The number of carbonyl (C=O) groups excluding carboxylic acids is 2. The van der Waals surface area contributed by atoms with E-state index in [4.69, 9.17) is 5.11 Å². The Hall–Kier alpha value is -4.01. The number of benzene rings is 2. The number of carbonyl (C=O) groups is 3. The third-order valence-corrected chi connectivity index (χ3v) is 4.98. The number of nitrogens with one attached hydrogen (secondary N) is 4. The molecule has 3 rings (SSSR count). The Morgan fingerprint density at radius 2 is 1.75 bits per heavy atom. The van der Waals surface area contributed by atoms with E-state index in [1.54, 1.807) is 30.5 Å². The third-order valence-electron chi connectivity index (χ3n) is 4.98. The summed E-state index contributed by atoms with van der Waals surface area (Å²) in [6, 6.07) is 14.2. The highest BCUT2D eigenvalue weighted by Gasteiger charge is 2.21. The lowest BCUT2D eigenvalue weighted by Gasteiger charge is -2.20. The summed E-state index contributed by atoms with van der Waals surface area (Å²) in [6.45, 7) is 4.16. The molecule has 5 N–H and O–H groups in total. The first-order valence-corrected chi connectivity index (χ1v) is 10.3. The van der Waals surface area contributed by atoms with Crippen molar-refractivity contribution in [3.63, 3.8) is 0 Å². The van der Waals surface area contributed by atoms with Crippen LogP contribution in [-0.2, 0) is 16.0 Å². The van der Waals surface area contributed by atoms with E-state index >= 15 is 0 Å². The van der Waals surface area contributed by atoms with Crippen LogP contribution in [-0.4, -0.2) is 40.6 Å². The molecular formula is C23H27N5O4. The maximum absolute atomic E-state index is 12.4. The quantitative estimate of drug-likeness (QED) is 0.433. The highest BCUT2D eigenvalue weighted by atomic mass is 16.4. The van der Waals surface area contributed by atoms with Crippen molar-refractivity contribution in [2.45, 2.75) is 32.9 Å². The summed E-state index contributed by atoms with van der Waals surface area (Å²) in [5.74, 6) is -0.526. The normalized spacial score (nSPS) is 14.9. The zero-order valence-corrected chi connectivity index (χ0v) is 18.0. The van der Waals surface area contributed by atoms with Gasteiger partial charge < -0.3 is 31.3 Å². The summed E-state index contributed by atoms with van der Waals surface area (Å²) in [7, 11) is 0. The second-order valence-electron chi connectivity index (χ2n) is 7.56. The number of nitrogens with zero attached hydrogens (tertiary/aromatic N) is 1. The molecule has 9 heteroatoms. The Kier molecular flexibility index (Phi) is 7.33. The molecule has 2 aromatic carbocycles. The first-order chi connectivity index (χ1) is 15.3. The van der Waals surface area contributed by atoms with Crippen molar-refractivity contribution < 1.29 is 19.5 Å². The fourth-order valence-corrected chi connectivity index (χ4v) is 3.26. The molecule has 2 aromatic rings. The van der Waals surface area contributed by atoms with E-state index in [0.717, 1.165) is 16.8 Å². The second-order valence-corrected chi connectivity index (χ2v) is 7.56. The maximum atomic E-state index is 12.4. The van der Waals surface area contributed by atoms with Gasteiger partial charge in [0.05, 0.1) is 19.0 Å². The SMILES string of the molecule is Cc1ccccc1NC(=O)Nc1ccc(CC(=O)NC2=CN(CCC(=O)O)C(C)N2)cc1. The van der Waals surface area contributed by atoms with Crippen molar-refractivity contribution in [2.24, 2.45) is 0 Å². The predicted molar refractivity (Wildman–Crippen MR) is 122 cm³/mol. The average Bonchev–Trinajstić information content (AvgIpc) is 3.08. The smallest absolute Gasteiger partial charge is 0.323 e. The minimum atomic E-state index is -0.867. The topological polar surface area (TPSA) is 123 Å². The lowest BCUT2D eigenvalue weighted by Crippen LogP contribution is -2.37. The van der Waals surface area contributed by atoms with Gasteiger partial charge in [-0.15, -0.1) is 0 Å². The van der Waals surface area contributed by atoms with E-state index in [1.807, 2.05) is 43.0 Å². The van der Waals surface area contributed by atoms with Gasteiger partial charge in [-0.1, -0.05) is 30.3 Å². The number of rotatable bonds is 8. The fraction of sp³-hybridized carbons (Fsp3) is 0.261. The highest BCUT2D eigenvalue weighted by Crippen LogP contribution is 2.15. The minimum Gasteiger partial charge on any atom is -0.481 e. The van der Waals surface area contributed by atoms with Crippen LogP contribution in [0.1, 0.15) is 24.5 Å². The number of carboxylic acids is 1. The van der Waals surface area contributed by atoms with Crippen LogP contribution in [0.15, 0.2) is 60.6 Å². The maximum Gasteiger partial charge on any atom is 0.323 e. The van der Waals surface area contributed by atoms with Crippen molar-refractivity contribution in [3.8, 4) is 0 Å². The first-order valence-electron chi connectivity index (χ1n) is 10.3. The average molecular weight is 438 g/mol. The summed E-state index contributed by atoms with van der Waals surface area (Å²) in [6.07, 6.45) is 1.80. The van der Waals surface area contributed by atoms with Crippen molar-refractivity contribution in [1.29, 1.82) is 0 Å². The summed E-state index contributed by atoms with van der Waals surface area (Å²) in [5.41, 5.74) is 3.12. The Balaban J connectivity index is 1.48. The van der Waals surface area contributed by atoms with E-state index in [-0.39, 0.29) is 30.9 Å². The van der Waals surface area contributed by atoms with Crippen LogP contribution >= 0.6 is 0 Å². The summed E-state index contributed by atoms with van der Waals surface area (Å²) in [4.78, 5) is 37.1. The fourth-order valence-electron chi connectivity index (χ4n) is 3.26. The number of carboxylic acid groups (broad SMARTS) is 1. The van der Waals surface area contributed by atoms with Gasteiger partial charge in [-0.2, -0.15) is 0 Å². The molecule has 1 unspecified atom stereocenters. The van der Waals surface area contributed by atoms with Crippen LogP contribution in [0, 0.1) is 6.92 Å². The molecule has 1 atom stereocenters. The molecule has 0 spiro atoms. The van der Waals surface area contributed by atoms with Gasteiger partial charge in [0.1, 0.15) is 5.82 Å². The number of aliphatic carboxylic acids is 1. The first kappa shape index (κ1) is 22.7. The van der Waals surface area contributed by atoms with Gasteiger partial charge in [-0.05, 0) is 43.2 Å². The molecular weight excluding hydrogens is 410 g/mol. The Morgan fingerprint density at radius 1 is 1.03 bits per heavy atom. The molecule has 0 radical (unpaired) electrons. The molecule has 1 heterocycles. The lowest BCUT2D eigenvalue weighted by molar-refractivity contribution is -0.137. The molecule has 0 saturated heterocycles. The molecule has 1 aliphatic rings. The molecule has 0 aromatic heterocycles. The number of hydrogen-bond donors (Lipinski definition) is 5. The van der Waals surface area contributed by atoms with E-state index in [0.29, 0.717) is 18.1 Å². The second kappa shape index (κ2) is 10.3. The van der Waals surface area contributed by atoms with Crippen molar-refractivity contribution in [2.75, 3.05) is 17.2 Å². The highest BCUT2D eigenvalue weighted by molar-refractivity contribution is 6.00. The number of anilines is 2. The van der Waals surface area contributed by atoms with Gasteiger partial charge >= 0.3 is 12.0 Å². The molecule has 0 bridgehead atoms. The number of urea groups is 1. The minimum absolute atomic E-state index is 0.0209. The van der Waals surface area contributed by atoms with E-state index in [2.05, 4.69) is 21.3 Å². The number of para-hydroxylation sites is 1. The van der Waals surface area contributed by atoms with Crippen LogP contribution in [0.5, 0.6) is 0 Å². The molecule has 0 saturated carbocycles.